The number of pyridine rings is 1. The third-order valence-corrected chi connectivity index (χ3v) is 2.87. The van der Waals surface area contributed by atoms with Crippen molar-refractivity contribution < 1.29 is 5.11 Å². The third kappa shape index (κ3) is 3.14. The Kier molecular flexibility index (Phi) is 3.89. The summed E-state index contributed by atoms with van der Waals surface area (Å²) < 4.78 is 0. The van der Waals surface area contributed by atoms with Crippen LogP contribution in [0, 0.1) is 0 Å². The Morgan fingerprint density at radius 1 is 1.06 bits per heavy atom. The van der Waals surface area contributed by atoms with E-state index in [4.69, 9.17) is 0 Å². The molecule has 17 heavy (non-hydrogen) atoms. The van der Waals surface area contributed by atoms with Gasteiger partial charge in [0.2, 0.25) is 0 Å². The van der Waals surface area contributed by atoms with Crippen LogP contribution >= 0.6 is 0 Å². The van der Waals surface area contributed by atoms with E-state index in [1.807, 2.05) is 37.4 Å². The zero-order chi connectivity index (χ0) is 12.1. The van der Waals surface area contributed by atoms with Gasteiger partial charge in [0.05, 0.1) is 6.10 Å². The summed E-state index contributed by atoms with van der Waals surface area (Å²) in [6.45, 7) is 1.83. The van der Waals surface area contributed by atoms with E-state index in [0.29, 0.717) is 0 Å². The van der Waals surface area contributed by atoms with Crippen molar-refractivity contribution in [2.75, 3.05) is 0 Å². The highest BCUT2D eigenvalue weighted by Gasteiger charge is 2.16. The van der Waals surface area contributed by atoms with Crippen LogP contribution in [0.2, 0.25) is 0 Å². The highest BCUT2D eigenvalue weighted by Crippen LogP contribution is 2.28. The molecule has 2 nitrogen and oxygen atoms in total. The van der Waals surface area contributed by atoms with Gasteiger partial charge in [-0.05, 0) is 30.5 Å². The predicted octanol–water partition coefficient (Wildman–Crippen LogP) is 2.98. The largest absolute Gasteiger partial charge is 0.393 e. The summed E-state index contributed by atoms with van der Waals surface area (Å²) in [5, 5.41) is 9.63. The number of aliphatic hydroxyl groups excluding tert-OH is 1. The Balaban J connectivity index is 2.32. The topological polar surface area (TPSA) is 33.1 Å². The molecule has 88 valence electrons. The molecule has 0 fully saturated rings. The van der Waals surface area contributed by atoms with Crippen LogP contribution in [0.4, 0.5) is 0 Å². The first kappa shape index (κ1) is 11.8. The molecule has 0 amide bonds. The smallest absolute Gasteiger partial charge is 0.0521 e. The van der Waals surface area contributed by atoms with Gasteiger partial charge in [-0.25, -0.2) is 0 Å². The minimum atomic E-state index is -0.319. The molecule has 0 aliphatic heterocycles. The highest BCUT2D eigenvalue weighted by atomic mass is 16.3. The average molecular weight is 227 g/mol. The van der Waals surface area contributed by atoms with E-state index in [1.54, 1.807) is 6.20 Å². The molecule has 0 saturated carbocycles. The molecule has 1 aromatic carbocycles. The number of hydrogen-bond donors (Lipinski definition) is 1. The minimum Gasteiger partial charge on any atom is -0.393 e. The molecule has 2 unspecified atom stereocenters. The maximum Gasteiger partial charge on any atom is 0.0521 e. The number of nitrogens with zero attached hydrogens (tertiary/aromatic N) is 1. The monoisotopic (exact) mass is 227 g/mol. The van der Waals surface area contributed by atoms with Gasteiger partial charge in [-0.2, -0.15) is 0 Å². The maximum atomic E-state index is 9.63. The lowest BCUT2D eigenvalue weighted by Crippen LogP contribution is -2.10. The van der Waals surface area contributed by atoms with Gasteiger partial charge < -0.3 is 5.11 Å². The van der Waals surface area contributed by atoms with Gasteiger partial charge in [0.15, 0.2) is 0 Å². The number of hydrogen-bond acceptors (Lipinski definition) is 2. The van der Waals surface area contributed by atoms with E-state index in [0.717, 1.165) is 12.0 Å². The van der Waals surface area contributed by atoms with Crippen LogP contribution < -0.4 is 0 Å². The van der Waals surface area contributed by atoms with Crippen molar-refractivity contribution in [3.05, 3.63) is 66.0 Å². The molecule has 2 aromatic rings. The van der Waals surface area contributed by atoms with Crippen molar-refractivity contribution in [1.82, 2.24) is 4.98 Å². The summed E-state index contributed by atoms with van der Waals surface area (Å²) >= 11 is 0. The van der Waals surface area contributed by atoms with Crippen LogP contribution in [-0.2, 0) is 0 Å². The van der Waals surface area contributed by atoms with Gasteiger partial charge in [-0.3, -0.25) is 4.98 Å². The first-order chi connectivity index (χ1) is 8.27. The quantitative estimate of drug-likeness (QED) is 0.871. The molecular weight excluding hydrogens is 210 g/mol. The predicted molar refractivity (Wildman–Crippen MR) is 68.8 cm³/mol. The number of aromatic nitrogens is 1. The summed E-state index contributed by atoms with van der Waals surface area (Å²) in [5.41, 5.74) is 2.38. The molecule has 0 radical (unpaired) electrons. The van der Waals surface area contributed by atoms with Gasteiger partial charge in [0, 0.05) is 18.3 Å². The van der Waals surface area contributed by atoms with Crippen LogP contribution in [0.3, 0.4) is 0 Å². The summed E-state index contributed by atoms with van der Waals surface area (Å²) in [5.74, 6) is 0.213. The van der Waals surface area contributed by atoms with Gasteiger partial charge in [-0.1, -0.05) is 36.4 Å². The van der Waals surface area contributed by atoms with Crippen LogP contribution in [0.5, 0.6) is 0 Å². The summed E-state index contributed by atoms with van der Waals surface area (Å²) in [4.78, 5) is 4.16. The third-order valence-electron chi connectivity index (χ3n) is 2.87. The standard InChI is InChI=1S/C15H17NO/c1-12(17)10-15(13-6-3-2-4-7-13)14-8-5-9-16-11-14/h2-9,11-12,15,17H,10H2,1H3. The Labute approximate surface area is 102 Å². The molecule has 1 aromatic heterocycles. The Hall–Kier alpha value is -1.67. The van der Waals surface area contributed by atoms with Crippen LogP contribution in [0.15, 0.2) is 54.9 Å². The van der Waals surface area contributed by atoms with Gasteiger partial charge in [0.1, 0.15) is 0 Å². The minimum absolute atomic E-state index is 0.213. The molecule has 1 N–H and O–H groups in total. The number of aliphatic hydroxyl groups is 1. The lowest BCUT2D eigenvalue weighted by molar-refractivity contribution is 0.179. The Morgan fingerprint density at radius 3 is 2.35 bits per heavy atom. The highest BCUT2D eigenvalue weighted by molar-refractivity contribution is 5.30. The van der Waals surface area contributed by atoms with E-state index in [2.05, 4.69) is 23.2 Å². The lowest BCUT2D eigenvalue weighted by Gasteiger charge is -2.19. The van der Waals surface area contributed by atoms with E-state index >= 15 is 0 Å². The lowest BCUT2D eigenvalue weighted by atomic mass is 9.88. The second kappa shape index (κ2) is 5.60. The molecular formula is C15H17NO. The molecule has 0 saturated heterocycles. The Bertz CT molecular complexity index is 399. The first-order valence-corrected chi connectivity index (χ1v) is 5.90. The fourth-order valence-corrected chi connectivity index (χ4v) is 2.07. The van der Waals surface area contributed by atoms with Crippen molar-refractivity contribution in [3.63, 3.8) is 0 Å². The fraction of sp³-hybridized carbons (Fsp3) is 0.267. The van der Waals surface area contributed by atoms with E-state index in [1.165, 1.54) is 5.56 Å². The Morgan fingerprint density at radius 2 is 1.76 bits per heavy atom. The molecule has 0 aliphatic carbocycles. The molecule has 0 aliphatic rings. The van der Waals surface area contributed by atoms with Gasteiger partial charge in [0.25, 0.3) is 0 Å². The molecule has 2 atom stereocenters. The molecule has 0 bridgehead atoms. The van der Waals surface area contributed by atoms with E-state index in [9.17, 15) is 5.11 Å². The fourth-order valence-electron chi connectivity index (χ4n) is 2.07. The van der Waals surface area contributed by atoms with Gasteiger partial charge >= 0.3 is 0 Å². The van der Waals surface area contributed by atoms with Crippen LogP contribution in [-0.4, -0.2) is 16.2 Å². The van der Waals surface area contributed by atoms with Crippen molar-refractivity contribution >= 4 is 0 Å². The maximum absolute atomic E-state index is 9.63. The second-order valence-corrected chi connectivity index (χ2v) is 4.33. The SMILES string of the molecule is CC(O)CC(c1ccccc1)c1cccnc1. The van der Waals surface area contributed by atoms with Crippen molar-refractivity contribution in [2.45, 2.75) is 25.4 Å². The average Bonchev–Trinajstić information content (AvgIpc) is 2.38. The van der Waals surface area contributed by atoms with Crippen LogP contribution in [0.1, 0.15) is 30.4 Å². The van der Waals surface area contributed by atoms with Crippen LogP contribution in [0.25, 0.3) is 0 Å². The molecule has 2 heteroatoms. The zero-order valence-electron chi connectivity index (χ0n) is 9.95. The first-order valence-electron chi connectivity index (χ1n) is 5.90. The van der Waals surface area contributed by atoms with E-state index in [-0.39, 0.29) is 12.0 Å². The zero-order valence-corrected chi connectivity index (χ0v) is 9.95. The normalized spacial score (nSPS) is 14.2. The number of rotatable bonds is 4. The molecule has 1 heterocycles. The summed E-state index contributed by atoms with van der Waals surface area (Å²) in [6.07, 6.45) is 4.05. The second-order valence-electron chi connectivity index (χ2n) is 4.33. The summed E-state index contributed by atoms with van der Waals surface area (Å²) in [7, 11) is 0. The summed E-state index contributed by atoms with van der Waals surface area (Å²) in [6, 6.07) is 14.3. The molecule has 2 rings (SSSR count). The number of benzene rings is 1. The van der Waals surface area contributed by atoms with Crippen molar-refractivity contribution in [1.29, 1.82) is 0 Å². The van der Waals surface area contributed by atoms with Gasteiger partial charge in [-0.15, -0.1) is 0 Å². The van der Waals surface area contributed by atoms with Crippen molar-refractivity contribution in [3.8, 4) is 0 Å². The van der Waals surface area contributed by atoms with E-state index < -0.39 is 0 Å². The molecule has 0 spiro atoms. The van der Waals surface area contributed by atoms with Crippen molar-refractivity contribution in [2.24, 2.45) is 0 Å².